The van der Waals surface area contributed by atoms with Gasteiger partial charge in [-0.15, -0.1) is 0 Å². The average molecular weight is 261 g/mol. The van der Waals surface area contributed by atoms with Crippen LogP contribution in [0.2, 0.25) is 0 Å². The quantitative estimate of drug-likeness (QED) is 0.422. The van der Waals surface area contributed by atoms with Gasteiger partial charge in [0.15, 0.2) is 0 Å². The lowest BCUT2D eigenvalue weighted by atomic mass is 10.1. The van der Waals surface area contributed by atoms with Gasteiger partial charge in [-0.25, -0.2) is 15.0 Å². The molecule has 0 saturated heterocycles. The van der Waals surface area contributed by atoms with Crippen LogP contribution in [0, 0.1) is 0 Å². The molecule has 1 aromatic carbocycles. The van der Waals surface area contributed by atoms with Crippen LogP contribution in [-0.2, 0) is 0 Å². The van der Waals surface area contributed by atoms with Gasteiger partial charge in [-0.2, -0.15) is 5.10 Å². The molecule has 7 nitrogen and oxygen atoms in total. The van der Waals surface area contributed by atoms with E-state index in [0.29, 0.717) is 5.39 Å². The normalized spacial score (nSPS) is 11.5. The van der Waals surface area contributed by atoms with E-state index in [1.54, 1.807) is 12.1 Å². The van der Waals surface area contributed by atoms with Gasteiger partial charge >= 0.3 is 11.7 Å². The summed E-state index contributed by atoms with van der Waals surface area (Å²) >= 11 is 0. The Labute approximate surface area is 107 Å². The number of primary amides is 1. The Morgan fingerprint density at radius 3 is 2.84 bits per heavy atom. The number of nitrogens with zero attached hydrogens (tertiary/aromatic N) is 1. The van der Waals surface area contributed by atoms with Gasteiger partial charge in [0.25, 0.3) is 0 Å². The van der Waals surface area contributed by atoms with E-state index in [9.17, 15) is 14.7 Å². The van der Waals surface area contributed by atoms with E-state index < -0.39 is 11.7 Å². The van der Waals surface area contributed by atoms with Crippen LogP contribution in [-0.4, -0.2) is 16.8 Å². The van der Waals surface area contributed by atoms with E-state index in [1.165, 1.54) is 19.1 Å². The number of hydrazone groups is 1. The van der Waals surface area contributed by atoms with E-state index in [2.05, 4.69) is 5.10 Å². The number of carbonyl (C=O) groups excluding carboxylic acids is 1. The fourth-order valence-corrected chi connectivity index (χ4v) is 1.55. The smallest absolute Gasteiger partial charge is 0.345 e. The lowest BCUT2D eigenvalue weighted by Gasteiger charge is -2.02. The molecule has 2 amide bonds. The molecule has 1 aromatic heterocycles. The minimum atomic E-state index is -0.825. The van der Waals surface area contributed by atoms with Crippen LogP contribution in [0.5, 0.6) is 5.75 Å². The summed E-state index contributed by atoms with van der Waals surface area (Å²) < 4.78 is 5.06. The largest absolute Gasteiger partial charge is 0.508 e. The number of hydrogen-bond donors (Lipinski definition) is 3. The maximum Gasteiger partial charge on any atom is 0.345 e. The Kier molecular flexibility index (Phi) is 3.19. The second-order valence-corrected chi connectivity index (χ2v) is 3.84. The number of aromatic hydroxyl groups is 1. The zero-order valence-corrected chi connectivity index (χ0v) is 10.0. The van der Waals surface area contributed by atoms with Crippen LogP contribution in [0.15, 0.2) is 38.6 Å². The Bertz CT molecular complexity index is 733. The van der Waals surface area contributed by atoms with Gasteiger partial charge in [-0.3, -0.25) is 0 Å². The van der Waals surface area contributed by atoms with E-state index in [4.69, 9.17) is 10.2 Å². The molecule has 1 heterocycles. The lowest BCUT2D eigenvalue weighted by molar-refractivity contribution is 0.249. The molecule has 2 aromatic rings. The predicted octanol–water partition coefficient (Wildman–Crippen LogP) is 0.891. The van der Waals surface area contributed by atoms with Crippen molar-refractivity contribution in [3.05, 3.63) is 40.2 Å². The van der Waals surface area contributed by atoms with Crippen molar-refractivity contribution in [1.82, 2.24) is 5.43 Å². The van der Waals surface area contributed by atoms with Crippen molar-refractivity contribution in [1.29, 1.82) is 0 Å². The van der Waals surface area contributed by atoms with Gasteiger partial charge < -0.3 is 15.3 Å². The fourth-order valence-electron chi connectivity index (χ4n) is 1.55. The summed E-state index contributed by atoms with van der Waals surface area (Å²) in [6.45, 7) is 1.54. The third-order valence-electron chi connectivity index (χ3n) is 2.44. The van der Waals surface area contributed by atoms with Gasteiger partial charge in [0.05, 0.1) is 11.3 Å². The van der Waals surface area contributed by atoms with E-state index >= 15 is 0 Å². The minimum Gasteiger partial charge on any atom is -0.508 e. The van der Waals surface area contributed by atoms with Crippen molar-refractivity contribution in [2.75, 3.05) is 0 Å². The Balaban J connectivity index is 2.53. The molecule has 0 spiro atoms. The first kappa shape index (κ1) is 12.6. The number of phenolic OH excluding ortho intramolecular Hbond substituents is 1. The highest BCUT2D eigenvalue weighted by Crippen LogP contribution is 2.19. The number of fused-ring (bicyclic) bond motifs is 1. The molecule has 0 aliphatic rings. The predicted molar refractivity (Wildman–Crippen MR) is 69.1 cm³/mol. The SMILES string of the molecule is CC(=NNC(N)=O)c1cc2ccc(O)cc2oc1=O. The van der Waals surface area contributed by atoms with Crippen LogP contribution in [0.3, 0.4) is 0 Å². The van der Waals surface area contributed by atoms with Crippen LogP contribution >= 0.6 is 0 Å². The maximum atomic E-state index is 11.8. The third-order valence-corrected chi connectivity index (χ3v) is 2.44. The second kappa shape index (κ2) is 4.81. The van der Waals surface area contributed by atoms with Crippen molar-refractivity contribution in [2.24, 2.45) is 10.8 Å². The molecule has 19 heavy (non-hydrogen) atoms. The molecule has 7 heteroatoms. The summed E-state index contributed by atoms with van der Waals surface area (Å²) in [4.78, 5) is 22.3. The van der Waals surface area contributed by atoms with Gasteiger partial charge in [0, 0.05) is 11.5 Å². The molecule has 98 valence electrons. The first-order valence-electron chi connectivity index (χ1n) is 5.34. The number of nitrogens with two attached hydrogens (primary N) is 1. The molecule has 0 aliphatic carbocycles. The number of hydrogen-bond acceptors (Lipinski definition) is 5. The van der Waals surface area contributed by atoms with Crippen LogP contribution in [0.25, 0.3) is 11.0 Å². The minimum absolute atomic E-state index is 0.00387. The van der Waals surface area contributed by atoms with E-state index in [1.807, 2.05) is 5.43 Å². The highest BCUT2D eigenvalue weighted by Gasteiger charge is 2.09. The van der Waals surface area contributed by atoms with Crippen molar-refractivity contribution in [2.45, 2.75) is 6.92 Å². The van der Waals surface area contributed by atoms with Crippen LogP contribution in [0.4, 0.5) is 4.79 Å². The van der Waals surface area contributed by atoms with Gasteiger partial charge in [0.1, 0.15) is 11.3 Å². The summed E-state index contributed by atoms with van der Waals surface area (Å²) in [6, 6.07) is 5.15. The molecule has 0 unspecified atom stereocenters. The Hall–Kier alpha value is -2.83. The molecule has 0 radical (unpaired) electrons. The number of nitrogens with one attached hydrogen (secondary N) is 1. The summed E-state index contributed by atoms with van der Waals surface area (Å²) in [5.41, 5.74) is 7.03. The fraction of sp³-hybridized carbons (Fsp3) is 0.0833. The number of carbonyl (C=O) groups is 1. The molecular formula is C12H11N3O4. The first-order valence-corrected chi connectivity index (χ1v) is 5.34. The molecule has 0 fully saturated rings. The van der Waals surface area contributed by atoms with Gasteiger partial charge in [-0.1, -0.05) is 0 Å². The second-order valence-electron chi connectivity index (χ2n) is 3.84. The van der Waals surface area contributed by atoms with E-state index in [-0.39, 0.29) is 22.6 Å². The van der Waals surface area contributed by atoms with Crippen molar-refractivity contribution in [3.8, 4) is 5.75 Å². The highest BCUT2D eigenvalue weighted by atomic mass is 16.4. The maximum absolute atomic E-state index is 11.8. The number of amides is 2. The van der Waals surface area contributed by atoms with E-state index in [0.717, 1.165) is 0 Å². The summed E-state index contributed by atoms with van der Waals surface area (Å²) in [7, 11) is 0. The van der Waals surface area contributed by atoms with Crippen molar-refractivity contribution >= 4 is 22.7 Å². The summed E-state index contributed by atoms with van der Waals surface area (Å²) in [6.07, 6.45) is 0. The molecule has 0 bridgehead atoms. The van der Waals surface area contributed by atoms with Gasteiger partial charge in [0.2, 0.25) is 0 Å². The number of phenols is 1. The summed E-state index contributed by atoms with van der Waals surface area (Å²) in [5, 5.41) is 13.6. The zero-order valence-electron chi connectivity index (χ0n) is 10.0. The Morgan fingerprint density at radius 1 is 1.42 bits per heavy atom. The highest BCUT2D eigenvalue weighted by molar-refractivity contribution is 6.00. The third kappa shape index (κ3) is 2.71. The van der Waals surface area contributed by atoms with Crippen molar-refractivity contribution in [3.63, 3.8) is 0 Å². The molecular weight excluding hydrogens is 250 g/mol. The van der Waals surface area contributed by atoms with Gasteiger partial charge in [-0.05, 0) is 25.1 Å². The molecule has 0 saturated carbocycles. The summed E-state index contributed by atoms with van der Waals surface area (Å²) in [5.74, 6) is 0.00387. The molecule has 0 aliphatic heterocycles. The monoisotopic (exact) mass is 261 g/mol. The first-order chi connectivity index (χ1) is 8.97. The molecule has 4 N–H and O–H groups in total. The van der Waals surface area contributed by atoms with Crippen LogP contribution < -0.4 is 16.8 Å². The topological polar surface area (TPSA) is 118 Å². The van der Waals surface area contributed by atoms with Crippen LogP contribution in [0.1, 0.15) is 12.5 Å². The number of urea groups is 1. The average Bonchev–Trinajstić information content (AvgIpc) is 2.35. The number of rotatable bonds is 2. The molecule has 0 atom stereocenters. The van der Waals surface area contributed by atoms with Crippen molar-refractivity contribution < 1.29 is 14.3 Å². The lowest BCUT2D eigenvalue weighted by Crippen LogP contribution is -2.26. The standard InChI is InChI=1S/C12H11N3O4/c1-6(14-15-12(13)18)9-4-7-2-3-8(16)5-10(7)19-11(9)17/h2-5,16H,1H3,(H3,13,15,18). The zero-order chi connectivity index (χ0) is 14.0. The molecule has 2 rings (SSSR count). The number of benzene rings is 1. The Morgan fingerprint density at radius 2 is 2.16 bits per heavy atom.